The van der Waals surface area contributed by atoms with E-state index in [-0.39, 0.29) is 5.97 Å². The van der Waals surface area contributed by atoms with Crippen molar-refractivity contribution >= 4 is 23.7 Å². The Bertz CT molecular complexity index is 1140. The molecule has 0 amide bonds. The van der Waals surface area contributed by atoms with Crippen LogP contribution in [0.2, 0.25) is 0 Å². The molecule has 0 bridgehead atoms. The minimum Gasteiger partial charge on any atom is -0.426 e. The largest absolute Gasteiger partial charge is 0.426 e. The molecule has 0 spiro atoms. The first kappa shape index (κ1) is 17.6. The number of rotatable bonds is 3. The number of hydrogen-bond acceptors (Lipinski definition) is 5. The van der Waals surface area contributed by atoms with Gasteiger partial charge in [0.25, 0.3) is 0 Å². The number of fused-ring (bicyclic) bond motifs is 1. The van der Waals surface area contributed by atoms with Gasteiger partial charge in [0.15, 0.2) is 0 Å². The zero-order valence-corrected chi connectivity index (χ0v) is 15.5. The molecule has 0 radical (unpaired) electrons. The summed E-state index contributed by atoms with van der Waals surface area (Å²) in [7, 11) is 0. The topological polar surface area (TPSA) is 80.8 Å². The second kappa shape index (κ2) is 7.44. The molecular formula is C22H18N4O2. The zero-order valence-electron chi connectivity index (χ0n) is 15.5. The number of aromatic nitrogens is 4. The highest BCUT2D eigenvalue weighted by Gasteiger charge is 2.14. The third-order valence-corrected chi connectivity index (χ3v) is 4.28. The predicted molar refractivity (Wildman–Crippen MR) is 108 cm³/mol. The lowest BCUT2D eigenvalue weighted by atomic mass is 10.00. The smallest absolute Gasteiger partial charge is 0.308 e. The van der Waals surface area contributed by atoms with Gasteiger partial charge in [-0.05, 0) is 42.8 Å². The lowest BCUT2D eigenvalue weighted by Crippen LogP contribution is -2.04. The SMILES string of the molecule is CC(=O)Oc1ccnc2c1/C=C/C=C(c1c[nH]nc1-c1cccc(C)n1)/C=C\2. The summed E-state index contributed by atoms with van der Waals surface area (Å²) >= 11 is 0. The van der Waals surface area contributed by atoms with Crippen molar-refractivity contribution in [3.05, 3.63) is 77.4 Å². The van der Waals surface area contributed by atoms with Crippen LogP contribution >= 0.6 is 0 Å². The first-order valence-corrected chi connectivity index (χ1v) is 8.84. The molecule has 4 rings (SSSR count). The molecule has 0 unspecified atom stereocenters. The number of allylic oxidation sites excluding steroid dienone is 4. The Kier molecular flexibility index (Phi) is 4.68. The van der Waals surface area contributed by atoms with E-state index in [0.29, 0.717) is 5.75 Å². The van der Waals surface area contributed by atoms with Gasteiger partial charge in [0.2, 0.25) is 0 Å². The molecule has 1 aliphatic rings. The third-order valence-electron chi connectivity index (χ3n) is 4.28. The normalized spacial score (nSPS) is 16.9. The van der Waals surface area contributed by atoms with E-state index in [1.807, 2.05) is 61.7 Å². The molecule has 28 heavy (non-hydrogen) atoms. The lowest BCUT2D eigenvalue weighted by molar-refractivity contribution is -0.131. The van der Waals surface area contributed by atoms with Crippen molar-refractivity contribution < 1.29 is 9.53 Å². The van der Waals surface area contributed by atoms with E-state index in [9.17, 15) is 4.79 Å². The Morgan fingerprint density at radius 1 is 1.14 bits per heavy atom. The van der Waals surface area contributed by atoms with E-state index in [0.717, 1.165) is 39.5 Å². The van der Waals surface area contributed by atoms with E-state index in [2.05, 4.69) is 20.2 Å². The molecule has 0 saturated heterocycles. The first-order chi connectivity index (χ1) is 13.6. The highest BCUT2D eigenvalue weighted by Crippen LogP contribution is 2.30. The minimum atomic E-state index is -0.363. The second-order valence-corrected chi connectivity index (χ2v) is 6.33. The summed E-state index contributed by atoms with van der Waals surface area (Å²) in [5.74, 6) is 0.126. The number of carbonyl (C=O) groups excluding carboxylic acids is 1. The Hall–Kier alpha value is -3.80. The number of aryl methyl sites for hydroxylation is 1. The molecule has 0 fully saturated rings. The zero-order chi connectivity index (χ0) is 19.5. The maximum absolute atomic E-state index is 11.3. The molecule has 138 valence electrons. The molecule has 1 N–H and O–H groups in total. The fourth-order valence-corrected chi connectivity index (χ4v) is 3.05. The van der Waals surface area contributed by atoms with Gasteiger partial charge in [-0.2, -0.15) is 5.10 Å². The highest BCUT2D eigenvalue weighted by molar-refractivity contribution is 5.88. The summed E-state index contributed by atoms with van der Waals surface area (Å²) < 4.78 is 5.29. The average molecular weight is 370 g/mol. The number of nitrogens with one attached hydrogen (secondary N) is 1. The van der Waals surface area contributed by atoms with Gasteiger partial charge >= 0.3 is 5.97 Å². The van der Waals surface area contributed by atoms with Crippen LogP contribution in [0.25, 0.3) is 29.1 Å². The van der Waals surface area contributed by atoms with Crippen LogP contribution in [0.1, 0.15) is 29.4 Å². The molecule has 6 nitrogen and oxygen atoms in total. The van der Waals surface area contributed by atoms with E-state index >= 15 is 0 Å². The van der Waals surface area contributed by atoms with Gasteiger partial charge in [0, 0.05) is 36.1 Å². The highest BCUT2D eigenvalue weighted by atomic mass is 16.5. The summed E-state index contributed by atoms with van der Waals surface area (Å²) in [6.45, 7) is 3.34. The number of hydrogen-bond donors (Lipinski definition) is 1. The van der Waals surface area contributed by atoms with Crippen LogP contribution in [0.15, 0.2) is 54.9 Å². The number of carbonyl (C=O) groups is 1. The van der Waals surface area contributed by atoms with E-state index in [1.54, 1.807) is 12.3 Å². The standard InChI is InChI=1S/C22H18N4O2/c1-14-5-3-8-20(25-14)22-18(13-24-26-22)16-6-4-7-17-19(10-9-16)23-12-11-21(17)28-15(2)27/h3-13H,1-2H3,(H,24,26)/b6-4?,7-4+,10-9-,16-6-,16-9?,17-7?,19-10?. The van der Waals surface area contributed by atoms with Gasteiger partial charge in [-0.15, -0.1) is 0 Å². The number of esters is 1. The number of ether oxygens (including phenoxy) is 1. The Balaban J connectivity index is 1.74. The monoisotopic (exact) mass is 370 g/mol. The first-order valence-electron chi connectivity index (χ1n) is 8.84. The average Bonchev–Trinajstić information content (AvgIpc) is 3.12. The fraction of sp³-hybridized carbons (Fsp3) is 0.0909. The van der Waals surface area contributed by atoms with Crippen molar-refractivity contribution in [1.29, 1.82) is 0 Å². The van der Waals surface area contributed by atoms with Crippen molar-refractivity contribution in [2.45, 2.75) is 13.8 Å². The number of nitrogens with zero attached hydrogens (tertiary/aromatic N) is 3. The van der Waals surface area contributed by atoms with Crippen molar-refractivity contribution in [3.63, 3.8) is 0 Å². The van der Waals surface area contributed by atoms with Crippen LogP contribution in [-0.4, -0.2) is 26.1 Å². The quantitative estimate of drug-likeness (QED) is 0.698. The molecule has 0 saturated carbocycles. The molecule has 3 aromatic heterocycles. The Morgan fingerprint density at radius 3 is 2.86 bits per heavy atom. The summed E-state index contributed by atoms with van der Waals surface area (Å²) in [5, 5.41) is 7.33. The molecular weight excluding hydrogens is 352 g/mol. The van der Waals surface area contributed by atoms with Crippen LogP contribution in [0.5, 0.6) is 5.75 Å². The number of aromatic amines is 1. The molecule has 0 aromatic carbocycles. The van der Waals surface area contributed by atoms with Gasteiger partial charge in [0.1, 0.15) is 11.4 Å². The van der Waals surface area contributed by atoms with Crippen molar-refractivity contribution in [2.24, 2.45) is 0 Å². The minimum absolute atomic E-state index is 0.363. The van der Waals surface area contributed by atoms with Crippen LogP contribution in [0.4, 0.5) is 0 Å². The predicted octanol–water partition coefficient (Wildman–Crippen LogP) is 4.22. The summed E-state index contributed by atoms with van der Waals surface area (Å²) in [6.07, 6.45) is 13.1. The van der Waals surface area contributed by atoms with Crippen LogP contribution in [-0.2, 0) is 4.79 Å². The summed E-state index contributed by atoms with van der Waals surface area (Å²) in [6, 6.07) is 7.55. The second-order valence-electron chi connectivity index (χ2n) is 6.33. The molecule has 0 atom stereocenters. The van der Waals surface area contributed by atoms with Gasteiger partial charge in [-0.1, -0.05) is 24.3 Å². The van der Waals surface area contributed by atoms with Crippen LogP contribution in [0, 0.1) is 6.92 Å². The van der Waals surface area contributed by atoms with Crippen molar-refractivity contribution in [2.75, 3.05) is 0 Å². The van der Waals surface area contributed by atoms with Gasteiger partial charge < -0.3 is 4.74 Å². The molecule has 0 aliphatic heterocycles. The van der Waals surface area contributed by atoms with Gasteiger partial charge in [0.05, 0.1) is 11.4 Å². The summed E-state index contributed by atoms with van der Waals surface area (Å²) in [4.78, 5) is 20.3. The van der Waals surface area contributed by atoms with Crippen molar-refractivity contribution in [1.82, 2.24) is 20.2 Å². The maximum Gasteiger partial charge on any atom is 0.308 e. The van der Waals surface area contributed by atoms with Gasteiger partial charge in [-0.3, -0.25) is 19.9 Å². The number of H-pyrrole nitrogens is 1. The van der Waals surface area contributed by atoms with Crippen LogP contribution in [0.3, 0.4) is 0 Å². The van der Waals surface area contributed by atoms with E-state index in [4.69, 9.17) is 4.74 Å². The molecule has 1 aliphatic carbocycles. The fourth-order valence-electron chi connectivity index (χ4n) is 3.05. The third kappa shape index (κ3) is 3.53. The van der Waals surface area contributed by atoms with Crippen molar-refractivity contribution in [3.8, 4) is 17.1 Å². The molecule has 3 aromatic rings. The van der Waals surface area contributed by atoms with Gasteiger partial charge in [-0.25, -0.2) is 0 Å². The number of pyridine rings is 2. The maximum atomic E-state index is 11.3. The lowest BCUT2D eigenvalue weighted by Gasteiger charge is -2.10. The molecule has 6 heteroatoms. The summed E-state index contributed by atoms with van der Waals surface area (Å²) in [5.41, 5.74) is 5.93. The van der Waals surface area contributed by atoms with Crippen LogP contribution < -0.4 is 4.74 Å². The Labute approximate surface area is 162 Å². The van der Waals surface area contributed by atoms with E-state index < -0.39 is 0 Å². The molecule has 3 heterocycles. The Morgan fingerprint density at radius 2 is 2.04 bits per heavy atom. The van der Waals surface area contributed by atoms with E-state index in [1.165, 1.54) is 6.92 Å².